The Labute approximate surface area is 225 Å². The Bertz CT molecular complexity index is 1430. The van der Waals surface area contributed by atoms with Gasteiger partial charge < -0.3 is 35.7 Å². The highest BCUT2D eigenvalue weighted by Crippen LogP contribution is 2.32. The summed E-state index contributed by atoms with van der Waals surface area (Å²) in [5.74, 6) is 1.47. The predicted octanol–water partition coefficient (Wildman–Crippen LogP) is 1.40. The van der Waals surface area contributed by atoms with Gasteiger partial charge in [-0.1, -0.05) is 36.4 Å². The van der Waals surface area contributed by atoms with Crippen LogP contribution in [0.3, 0.4) is 0 Å². The molecule has 5 N–H and O–H groups in total. The maximum Gasteiger partial charge on any atom is 0.250 e. The number of fused-ring (bicyclic) bond motifs is 1. The zero-order valence-corrected chi connectivity index (χ0v) is 21.7. The zero-order chi connectivity index (χ0) is 27.4. The van der Waals surface area contributed by atoms with Crippen LogP contribution in [0, 0.1) is 0 Å². The third-order valence-corrected chi connectivity index (χ3v) is 6.63. The van der Waals surface area contributed by atoms with Crippen LogP contribution >= 0.6 is 0 Å². The van der Waals surface area contributed by atoms with Crippen LogP contribution in [0.15, 0.2) is 61.2 Å². The number of ether oxygens (including phenoxy) is 3. The average Bonchev–Trinajstić information content (AvgIpc) is 3.53. The second-order valence-corrected chi connectivity index (χ2v) is 9.11. The van der Waals surface area contributed by atoms with Crippen molar-refractivity contribution >= 4 is 22.9 Å². The van der Waals surface area contributed by atoms with Gasteiger partial charge in [0.2, 0.25) is 0 Å². The van der Waals surface area contributed by atoms with Crippen LogP contribution < -0.4 is 25.8 Å². The maximum absolute atomic E-state index is 12.1. The van der Waals surface area contributed by atoms with Crippen molar-refractivity contribution in [3.63, 3.8) is 0 Å². The van der Waals surface area contributed by atoms with Gasteiger partial charge in [0.15, 0.2) is 40.8 Å². The Morgan fingerprint density at radius 2 is 1.95 bits per heavy atom. The fraction of sp³-hybridized carbons (Fsp3) is 0.333. The van der Waals surface area contributed by atoms with Crippen LogP contribution in [0.2, 0.25) is 0 Å². The number of imidazole rings is 1. The number of nitrogens with one attached hydrogen (secondary N) is 2. The van der Waals surface area contributed by atoms with Crippen LogP contribution in [-0.2, 0) is 22.6 Å². The second kappa shape index (κ2) is 11.6. The molecule has 0 unspecified atom stereocenters. The molecule has 2 aromatic carbocycles. The number of nitrogens with two attached hydrogens (primary N) is 1. The van der Waals surface area contributed by atoms with Gasteiger partial charge in [-0.25, -0.2) is 15.0 Å². The Hall–Kier alpha value is -4.26. The topological polar surface area (TPSA) is 159 Å². The van der Waals surface area contributed by atoms with Crippen LogP contribution in [0.5, 0.6) is 11.5 Å². The Kier molecular flexibility index (Phi) is 7.87. The van der Waals surface area contributed by atoms with Crippen molar-refractivity contribution in [1.29, 1.82) is 0 Å². The van der Waals surface area contributed by atoms with Gasteiger partial charge in [-0.05, 0) is 29.7 Å². The summed E-state index contributed by atoms with van der Waals surface area (Å²) in [6, 6.07) is 14.9. The number of aliphatic hydroxyl groups is 1. The van der Waals surface area contributed by atoms with Gasteiger partial charge in [0.05, 0.1) is 19.5 Å². The van der Waals surface area contributed by atoms with Crippen molar-refractivity contribution in [3.8, 4) is 11.5 Å². The molecule has 4 aromatic rings. The molecule has 1 amide bonds. The summed E-state index contributed by atoms with van der Waals surface area (Å²) >= 11 is 0. The van der Waals surface area contributed by atoms with Gasteiger partial charge in [-0.2, -0.15) is 0 Å². The molecule has 204 valence electrons. The lowest BCUT2D eigenvalue weighted by Crippen LogP contribution is -2.46. The fourth-order valence-electron chi connectivity index (χ4n) is 4.51. The van der Waals surface area contributed by atoms with Crippen molar-refractivity contribution in [2.75, 3.05) is 26.0 Å². The Morgan fingerprint density at radius 3 is 2.72 bits per heavy atom. The van der Waals surface area contributed by atoms with Gasteiger partial charge in [-0.15, -0.1) is 0 Å². The lowest BCUT2D eigenvalue weighted by Gasteiger charge is -2.16. The molecule has 1 saturated heterocycles. The van der Waals surface area contributed by atoms with Crippen LogP contribution in [-0.4, -0.2) is 69.5 Å². The molecule has 0 aliphatic carbocycles. The Morgan fingerprint density at radius 1 is 1.13 bits per heavy atom. The van der Waals surface area contributed by atoms with Gasteiger partial charge in [0, 0.05) is 13.6 Å². The van der Waals surface area contributed by atoms with Crippen LogP contribution in [0.25, 0.3) is 11.2 Å². The van der Waals surface area contributed by atoms with E-state index in [0.29, 0.717) is 48.1 Å². The van der Waals surface area contributed by atoms with Gasteiger partial charge in [0.1, 0.15) is 19.0 Å². The number of nitrogens with zero attached hydrogens (tertiary/aromatic N) is 4. The number of anilines is 1. The number of amides is 1. The lowest BCUT2D eigenvalue weighted by molar-refractivity contribution is -0.134. The molecule has 12 nitrogen and oxygen atoms in total. The summed E-state index contributed by atoms with van der Waals surface area (Å²) in [7, 11) is 3.11. The highest BCUT2D eigenvalue weighted by molar-refractivity contribution is 5.83. The van der Waals surface area contributed by atoms with E-state index in [-0.39, 0.29) is 0 Å². The molecule has 39 heavy (non-hydrogen) atoms. The number of aliphatic hydroxyl groups excluding tert-OH is 1. The molecule has 12 heteroatoms. The predicted molar refractivity (Wildman–Crippen MR) is 143 cm³/mol. The molecule has 0 radical (unpaired) electrons. The lowest BCUT2D eigenvalue weighted by atomic mass is 10.1. The molecule has 1 fully saturated rings. The van der Waals surface area contributed by atoms with Gasteiger partial charge in [-0.3, -0.25) is 9.36 Å². The number of likely N-dealkylation sites (N-methyl/N-ethyl adjacent to an activating group) is 1. The van der Waals surface area contributed by atoms with E-state index in [2.05, 4.69) is 25.6 Å². The summed E-state index contributed by atoms with van der Waals surface area (Å²) < 4.78 is 18.8. The maximum atomic E-state index is 12.1. The first kappa shape index (κ1) is 26.4. The highest BCUT2D eigenvalue weighted by Gasteiger charge is 2.46. The molecule has 5 rings (SSSR count). The molecule has 2 aromatic heterocycles. The number of carbonyl (C=O) groups excluding carboxylic acids is 1. The molecule has 0 bridgehead atoms. The number of aromatic nitrogens is 4. The second-order valence-electron chi connectivity index (χ2n) is 9.11. The fourth-order valence-corrected chi connectivity index (χ4v) is 4.51. The van der Waals surface area contributed by atoms with Crippen LogP contribution in [0.4, 0.5) is 5.82 Å². The van der Waals surface area contributed by atoms with Crippen molar-refractivity contribution < 1.29 is 24.1 Å². The first-order chi connectivity index (χ1) is 19.0. The monoisotopic (exact) mass is 533 g/mol. The Balaban J connectivity index is 1.24. The summed E-state index contributed by atoms with van der Waals surface area (Å²) in [5, 5.41) is 16.4. The summed E-state index contributed by atoms with van der Waals surface area (Å²) in [6.45, 7) is 1.02. The van der Waals surface area contributed by atoms with E-state index >= 15 is 0 Å². The largest absolute Gasteiger partial charge is 0.493 e. The van der Waals surface area contributed by atoms with Gasteiger partial charge in [0.25, 0.3) is 5.91 Å². The molecule has 0 saturated carbocycles. The highest BCUT2D eigenvalue weighted by atomic mass is 16.5. The molecule has 0 spiro atoms. The minimum atomic E-state index is -1.12. The number of hydrogen-bond acceptors (Lipinski definition) is 10. The molecule has 1 aliphatic rings. The summed E-state index contributed by atoms with van der Waals surface area (Å²) in [6.07, 6.45) is 0.572. The van der Waals surface area contributed by atoms with E-state index in [1.807, 2.05) is 48.5 Å². The van der Waals surface area contributed by atoms with E-state index in [9.17, 15) is 9.90 Å². The van der Waals surface area contributed by atoms with E-state index in [1.165, 1.54) is 19.7 Å². The average molecular weight is 534 g/mol. The van der Waals surface area contributed by atoms with Crippen LogP contribution in [0.1, 0.15) is 17.4 Å². The minimum absolute atomic E-state index is 0.405. The number of rotatable bonds is 10. The smallest absolute Gasteiger partial charge is 0.250 e. The van der Waals surface area contributed by atoms with E-state index in [4.69, 9.17) is 19.9 Å². The quantitative estimate of drug-likeness (QED) is 0.235. The summed E-state index contributed by atoms with van der Waals surface area (Å²) in [5.41, 5.74) is 9.12. The first-order valence-electron chi connectivity index (χ1n) is 12.6. The number of benzene rings is 2. The third kappa shape index (κ3) is 5.48. The molecular weight excluding hydrogens is 502 g/mol. The van der Waals surface area contributed by atoms with Crippen molar-refractivity contribution in [2.45, 2.75) is 37.5 Å². The van der Waals surface area contributed by atoms with E-state index in [0.717, 1.165) is 11.1 Å². The molecular formula is C27H31N7O5. The van der Waals surface area contributed by atoms with Crippen molar-refractivity contribution in [1.82, 2.24) is 24.8 Å². The minimum Gasteiger partial charge on any atom is -0.493 e. The summed E-state index contributed by atoms with van der Waals surface area (Å²) in [4.78, 5) is 25.2. The van der Waals surface area contributed by atoms with Gasteiger partial charge >= 0.3 is 0 Å². The third-order valence-electron chi connectivity index (χ3n) is 6.63. The number of methoxy groups -OCH3 is 1. The first-order valence-corrected chi connectivity index (χ1v) is 12.6. The molecule has 4 atom stereocenters. The van der Waals surface area contributed by atoms with Crippen molar-refractivity contribution in [3.05, 3.63) is 72.3 Å². The standard InChI is InChI=1S/C27H31N7O5/c1-29-26(36)23-20(28)22(35)27(39-23)34-15-33-21-24(31-14-32-25(21)34)30-11-10-16-8-9-18(19(12-16)37-2)38-13-17-6-4-3-5-7-17/h3-9,12,14-15,20,22-23,27,35H,10-11,13,28H2,1-2H3,(H,29,36)(H,30,31,32)/t20-,22-,23-,27+/m0/s1. The van der Waals surface area contributed by atoms with E-state index < -0.39 is 30.4 Å². The number of hydrogen-bond donors (Lipinski definition) is 4. The molecule has 3 heterocycles. The normalized spacial score (nSPS) is 20.6. The molecule has 1 aliphatic heterocycles. The SMILES string of the molecule is CNC(=O)[C@H]1O[C@@H](n2cnc3c(NCCc4ccc(OCc5ccccc5)c(OC)c4)ncnc32)[C@@H](O)[C@@H]1N. The van der Waals surface area contributed by atoms with E-state index in [1.54, 1.807) is 11.7 Å². The zero-order valence-electron chi connectivity index (χ0n) is 21.7. The number of carbonyl (C=O) groups is 1. The van der Waals surface area contributed by atoms with Crippen molar-refractivity contribution in [2.24, 2.45) is 5.73 Å².